The van der Waals surface area contributed by atoms with Crippen molar-refractivity contribution in [1.82, 2.24) is 14.6 Å². The zero-order valence-electron chi connectivity index (χ0n) is 17.6. The van der Waals surface area contributed by atoms with E-state index in [1.807, 2.05) is 13.8 Å². The highest BCUT2D eigenvalue weighted by atomic mass is 32.2. The van der Waals surface area contributed by atoms with E-state index < -0.39 is 21.8 Å². The normalized spacial score (nSPS) is 16.3. The number of amides is 1. The fraction of sp³-hybridized carbons (Fsp3) is 0.450. The molecule has 1 aliphatic rings. The van der Waals surface area contributed by atoms with Crippen LogP contribution < -0.4 is 10.1 Å². The molecule has 164 valence electrons. The zero-order chi connectivity index (χ0) is 22.5. The molecule has 0 radical (unpaired) electrons. The van der Waals surface area contributed by atoms with Crippen LogP contribution in [0.5, 0.6) is 5.75 Å². The fourth-order valence-electron chi connectivity index (χ4n) is 2.75. The van der Waals surface area contributed by atoms with Gasteiger partial charge < -0.3 is 10.1 Å². The summed E-state index contributed by atoms with van der Waals surface area (Å²) < 4.78 is 44.5. The number of carbonyl (C=O) groups is 1. The second kappa shape index (κ2) is 9.94. The van der Waals surface area contributed by atoms with Crippen molar-refractivity contribution in [2.45, 2.75) is 33.8 Å². The van der Waals surface area contributed by atoms with Crippen LogP contribution in [0.3, 0.4) is 0 Å². The van der Waals surface area contributed by atoms with Crippen molar-refractivity contribution >= 4 is 22.6 Å². The molecule has 1 fully saturated rings. The molecule has 1 amide bonds. The molecule has 0 aliphatic carbocycles. The van der Waals surface area contributed by atoms with Gasteiger partial charge in [-0.3, -0.25) is 4.79 Å². The molecule has 0 bridgehead atoms. The van der Waals surface area contributed by atoms with Crippen LogP contribution in [0.15, 0.2) is 40.9 Å². The molecule has 1 N–H and O–H groups in total. The largest absolute Gasteiger partial charge is 0.488 e. The number of nitrogens with one attached hydrogen (secondary N) is 1. The van der Waals surface area contributed by atoms with E-state index >= 15 is 0 Å². The van der Waals surface area contributed by atoms with E-state index in [0.29, 0.717) is 11.4 Å². The Morgan fingerprint density at radius 1 is 1.43 bits per heavy atom. The third-order valence-electron chi connectivity index (χ3n) is 4.10. The lowest BCUT2D eigenvalue weighted by Gasteiger charge is -2.38. The maximum absolute atomic E-state index is 12.9. The quantitative estimate of drug-likeness (QED) is 0.472. The maximum Gasteiger partial charge on any atom is 0.275 e. The zero-order valence-corrected chi connectivity index (χ0v) is 18.4. The molecule has 0 saturated carbocycles. The van der Waals surface area contributed by atoms with Crippen molar-refractivity contribution in [3.63, 3.8) is 0 Å². The summed E-state index contributed by atoms with van der Waals surface area (Å²) in [6, 6.07) is 3.13. The number of hydrogen-bond donors (Lipinski definition) is 1. The summed E-state index contributed by atoms with van der Waals surface area (Å²) in [7, 11) is -3.28. The number of aliphatic imine (C=N–C) groups is 1. The summed E-state index contributed by atoms with van der Waals surface area (Å²) in [5, 5.41) is 2.50. The molecule has 30 heavy (non-hydrogen) atoms. The number of ether oxygens (including phenoxy) is 1. The Kier molecular flexibility index (Phi) is 7.85. The number of nitrogens with zero attached hydrogens (tertiary/aromatic N) is 3. The summed E-state index contributed by atoms with van der Waals surface area (Å²) in [6.45, 7) is 10.6. The Balaban J connectivity index is 2.04. The highest BCUT2D eigenvalue weighted by Gasteiger charge is 2.37. The first-order valence-corrected chi connectivity index (χ1v) is 11.1. The van der Waals surface area contributed by atoms with Crippen LogP contribution in [0, 0.1) is 12.8 Å². The second-order valence-electron chi connectivity index (χ2n) is 7.48. The Labute approximate surface area is 176 Å². The number of aromatic nitrogens is 1. The van der Waals surface area contributed by atoms with E-state index in [1.165, 1.54) is 23.4 Å². The standard InChI is InChI=1S/C20H27FN4O4S/c1-13(2)12-30(27,28)25-10-17(11-25)29-16-8-15(4)23-18(9-16)20(26)24-19(22-5)7-6-14(3)21/h6-9,13,17H,5,10-12H2,1-4H3,(H,24,26)/b14-6+,19-7+. The van der Waals surface area contributed by atoms with E-state index in [9.17, 15) is 17.6 Å². The molecule has 0 unspecified atom stereocenters. The molecule has 2 heterocycles. The van der Waals surface area contributed by atoms with Crippen molar-refractivity contribution in [3.8, 4) is 5.75 Å². The third-order valence-corrected chi connectivity index (χ3v) is 6.27. The maximum atomic E-state index is 12.9. The minimum atomic E-state index is -3.28. The average Bonchev–Trinajstić information content (AvgIpc) is 2.59. The van der Waals surface area contributed by atoms with Crippen LogP contribution in [0.4, 0.5) is 4.39 Å². The topological polar surface area (TPSA) is 101 Å². The molecule has 2 rings (SSSR count). The lowest BCUT2D eigenvalue weighted by Crippen LogP contribution is -2.56. The van der Waals surface area contributed by atoms with Crippen molar-refractivity contribution in [2.24, 2.45) is 10.9 Å². The number of hydrogen-bond acceptors (Lipinski definition) is 6. The molecule has 0 spiro atoms. The van der Waals surface area contributed by atoms with E-state index in [0.717, 1.165) is 6.08 Å². The van der Waals surface area contributed by atoms with E-state index in [-0.39, 0.29) is 42.4 Å². The number of carbonyl (C=O) groups excluding carboxylic acids is 1. The van der Waals surface area contributed by atoms with Crippen molar-refractivity contribution in [3.05, 3.63) is 47.3 Å². The first-order valence-electron chi connectivity index (χ1n) is 9.45. The number of aryl methyl sites for hydroxylation is 1. The number of rotatable bonds is 9. The first kappa shape index (κ1) is 23.7. The molecule has 1 saturated heterocycles. The number of allylic oxidation sites excluding steroid dienone is 3. The Hall–Kier alpha value is -2.59. The van der Waals surface area contributed by atoms with Gasteiger partial charge in [-0.25, -0.2) is 22.8 Å². The van der Waals surface area contributed by atoms with E-state index in [2.05, 4.69) is 22.0 Å². The van der Waals surface area contributed by atoms with E-state index in [1.54, 1.807) is 13.0 Å². The van der Waals surface area contributed by atoms with Crippen LogP contribution in [0.2, 0.25) is 0 Å². The van der Waals surface area contributed by atoms with Gasteiger partial charge in [0.2, 0.25) is 10.0 Å². The highest BCUT2D eigenvalue weighted by molar-refractivity contribution is 7.89. The summed E-state index contributed by atoms with van der Waals surface area (Å²) >= 11 is 0. The highest BCUT2D eigenvalue weighted by Crippen LogP contribution is 2.23. The molecule has 0 atom stereocenters. The summed E-state index contributed by atoms with van der Waals surface area (Å²) in [6.07, 6.45) is 2.14. The van der Waals surface area contributed by atoms with Crippen LogP contribution in [0.1, 0.15) is 37.0 Å². The molecule has 1 aromatic heterocycles. The van der Waals surface area contributed by atoms with E-state index in [4.69, 9.17) is 4.74 Å². The van der Waals surface area contributed by atoms with Gasteiger partial charge in [-0.15, -0.1) is 0 Å². The predicted molar refractivity (Wildman–Crippen MR) is 114 cm³/mol. The SMILES string of the molecule is C=N/C(=C\C=C(/C)F)NC(=O)c1cc(OC2CN(S(=O)(=O)CC(C)C)C2)cc(C)n1. The number of pyridine rings is 1. The summed E-state index contributed by atoms with van der Waals surface area (Å²) in [5.74, 6) is -0.361. The fourth-order valence-corrected chi connectivity index (χ4v) is 4.59. The smallest absolute Gasteiger partial charge is 0.275 e. The second-order valence-corrected chi connectivity index (χ2v) is 9.49. The average molecular weight is 439 g/mol. The molecule has 1 aliphatic heterocycles. The number of halogens is 1. The molecule has 1 aromatic rings. The van der Waals surface area contributed by atoms with Gasteiger partial charge in [0.05, 0.1) is 24.7 Å². The lowest BCUT2D eigenvalue weighted by atomic mass is 10.2. The third kappa shape index (κ3) is 6.74. The van der Waals surface area contributed by atoms with Gasteiger partial charge in [-0.05, 0) is 38.6 Å². The van der Waals surface area contributed by atoms with Crippen molar-refractivity contribution in [1.29, 1.82) is 0 Å². The van der Waals surface area contributed by atoms with Crippen molar-refractivity contribution in [2.75, 3.05) is 18.8 Å². The minimum absolute atomic E-state index is 0.0483. The van der Waals surface area contributed by atoms with Gasteiger partial charge in [0, 0.05) is 17.8 Å². The summed E-state index contributed by atoms with van der Waals surface area (Å²) in [4.78, 5) is 20.3. The molecule has 0 aromatic carbocycles. The summed E-state index contributed by atoms with van der Waals surface area (Å²) in [5.41, 5.74) is 0.641. The molecular weight excluding hydrogens is 411 g/mol. The van der Waals surface area contributed by atoms with Crippen molar-refractivity contribution < 1.29 is 22.3 Å². The minimum Gasteiger partial charge on any atom is -0.488 e. The lowest BCUT2D eigenvalue weighted by molar-refractivity contribution is 0.0756. The van der Waals surface area contributed by atoms with Gasteiger partial charge in [-0.2, -0.15) is 4.31 Å². The van der Waals surface area contributed by atoms with Crippen LogP contribution in [0.25, 0.3) is 0 Å². The predicted octanol–water partition coefficient (Wildman–Crippen LogP) is 2.58. The molecule has 10 heteroatoms. The van der Waals surface area contributed by atoms with Gasteiger partial charge in [0.15, 0.2) is 0 Å². The van der Waals surface area contributed by atoms with Crippen LogP contribution in [-0.4, -0.2) is 55.3 Å². The van der Waals surface area contributed by atoms with Gasteiger partial charge >= 0.3 is 0 Å². The van der Waals surface area contributed by atoms with Gasteiger partial charge in [0.25, 0.3) is 5.91 Å². The molecular formula is C20H27FN4O4S. The number of sulfonamides is 1. The Morgan fingerprint density at radius 3 is 2.67 bits per heavy atom. The Bertz CT molecular complexity index is 963. The van der Waals surface area contributed by atoms with Crippen LogP contribution in [-0.2, 0) is 10.0 Å². The molecule has 8 nitrogen and oxygen atoms in total. The van der Waals surface area contributed by atoms with Crippen LogP contribution >= 0.6 is 0 Å². The first-order chi connectivity index (χ1) is 14.0. The Morgan fingerprint density at radius 2 is 2.10 bits per heavy atom. The van der Waals surface area contributed by atoms with Gasteiger partial charge in [-0.1, -0.05) is 13.8 Å². The monoisotopic (exact) mass is 438 g/mol. The van der Waals surface area contributed by atoms with Gasteiger partial charge in [0.1, 0.15) is 23.4 Å².